The van der Waals surface area contributed by atoms with Crippen molar-refractivity contribution in [3.05, 3.63) is 29.8 Å². The van der Waals surface area contributed by atoms with Gasteiger partial charge in [0.1, 0.15) is 5.75 Å². The first-order chi connectivity index (χ1) is 10.1. The molecule has 1 unspecified atom stereocenters. The quantitative estimate of drug-likeness (QED) is 0.553. The lowest BCUT2D eigenvalue weighted by Crippen LogP contribution is -2.13. The number of ether oxygens (including phenoxy) is 1. The largest absolute Gasteiger partial charge is 0.434 e. The van der Waals surface area contributed by atoms with E-state index >= 15 is 0 Å². The van der Waals surface area contributed by atoms with Crippen LogP contribution in [0.1, 0.15) is 69.9 Å². The molecule has 0 spiro atoms. The van der Waals surface area contributed by atoms with E-state index in [2.05, 4.69) is 11.7 Å². The first-order valence-electron chi connectivity index (χ1n) is 7.94. The van der Waals surface area contributed by atoms with Gasteiger partial charge in [0, 0.05) is 11.6 Å². The molecule has 2 nitrogen and oxygen atoms in total. The van der Waals surface area contributed by atoms with Gasteiger partial charge in [-0.15, -0.1) is 0 Å². The lowest BCUT2D eigenvalue weighted by Gasteiger charge is -2.16. The lowest BCUT2D eigenvalue weighted by atomic mass is 9.99. The van der Waals surface area contributed by atoms with E-state index in [1.807, 2.05) is 0 Å². The van der Waals surface area contributed by atoms with Gasteiger partial charge in [0.05, 0.1) is 0 Å². The molecule has 0 aliphatic rings. The number of hydrogen-bond acceptors (Lipinski definition) is 2. The molecule has 0 aliphatic carbocycles. The summed E-state index contributed by atoms with van der Waals surface area (Å²) in [7, 11) is 0. The van der Waals surface area contributed by atoms with Crippen molar-refractivity contribution in [3.8, 4) is 5.75 Å². The van der Waals surface area contributed by atoms with Crippen molar-refractivity contribution in [2.45, 2.75) is 70.9 Å². The molecule has 2 N–H and O–H groups in total. The molecule has 0 bridgehead atoms. The molecule has 1 aromatic rings. The summed E-state index contributed by atoms with van der Waals surface area (Å²) in [5, 5.41) is 0. The Morgan fingerprint density at radius 1 is 1.00 bits per heavy atom. The first-order valence-corrected chi connectivity index (χ1v) is 7.94. The molecule has 4 heteroatoms. The fraction of sp³-hybridized carbons (Fsp3) is 0.647. The number of halogens is 2. The Balaban J connectivity index is 2.33. The van der Waals surface area contributed by atoms with Crippen LogP contribution >= 0.6 is 0 Å². The van der Waals surface area contributed by atoms with Gasteiger partial charge < -0.3 is 10.5 Å². The van der Waals surface area contributed by atoms with Gasteiger partial charge in [0.2, 0.25) is 0 Å². The minimum Gasteiger partial charge on any atom is -0.434 e. The summed E-state index contributed by atoms with van der Waals surface area (Å²) in [6.07, 6.45) is 9.33. The van der Waals surface area contributed by atoms with Crippen LogP contribution < -0.4 is 10.5 Å². The number of benzene rings is 1. The van der Waals surface area contributed by atoms with Crippen LogP contribution in [-0.4, -0.2) is 6.61 Å². The average molecular weight is 299 g/mol. The Hall–Kier alpha value is -1.16. The zero-order chi connectivity index (χ0) is 15.5. The maximum Gasteiger partial charge on any atom is 0.387 e. The van der Waals surface area contributed by atoms with Gasteiger partial charge in [0.25, 0.3) is 0 Å². The van der Waals surface area contributed by atoms with Crippen molar-refractivity contribution in [1.29, 1.82) is 0 Å². The fourth-order valence-electron chi connectivity index (χ4n) is 2.47. The maximum absolute atomic E-state index is 12.4. The number of nitrogens with two attached hydrogens (primary N) is 1. The Labute approximate surface area is 126 Å². The van der Waals surface area contributed by atoms with E-state index in [0.717, 1.165) is 19.3 Å². The average Bonchev–Trinajstić information content (AvgIpc) is 2.46. The van der Waals surface area contributed by atoms with Crippen molar-refractivity contribution >= 4 is 0 Å². The third-order valence-corrected chi connectivity index (χ3v) is 3.65. The second-order valence-electron chi connectivity index (χ2n) is 5.43. The van der Waals surface area contributed by atoms with Gasteiger partial charge in [-0.25, -0.2) is 0 Å². The zero-order valence-electron chi connectivity index (χ0n) is 12.9. The van der Waals surface area contributed by atoms with E-state index in [9.17, 15) is 8.78 Å². The topological polar surface area (TPSA) is 35.2 Å². The summed E-state index contributed by atoms with van der Waals surface area (Å²) in [5.41, 5.74) is 6.78. The molecule has 0 aromatic heterocycles. The van der Waals surface area contributed by atoms with Gasteiger partial charge in [-0.1, -0.05) is 70.1 Å². The standard InChI is InChI=1S/C17H27F2NO/c1-2-3-4-5-6-7-8-12-15(20)14-11-9-10-13-16(14)21-17(18)19/h9-11,13,15,17H,2-8,12,20H2,1H3. The third kappa shape index (κ3) is 7.42. The van der Waals surface area contributed by atoms with Crippen LogP contribution in [0.25, 0.3) is 0 Å². The normalized spacial score (nSPS) is 12.6. The Morgan fingerprint density at radius 2 is 1.62 bits per heavy atom. The van der Waals surface area contributed by atoms with Crippen LogP contribution in [0.15, 0.2) is 24.3 Å². The molecular weight excluding hydrogens is 272 g/mol. The SMILES string of the molecule is CCCCCCCCCC(N)c1ccccc1OC(F)F. The maximum atomic E-state index is 12.4. The highest BCUT2D eigenvalue weighted by Gasteiger charge is 2.14. The molecule has 0 fully saturated rings. The highest BCUT2D eigenvalue weighted by Crippen LogP contribution is 2.28. The number of hydrogen-bond donors (Lipinski definition) is 1. The number of para-hydroxylation sites is 1. The van der Waals surface area contributed by atoms with Crippen molar-refractivity contribution in [2.24, 2.45) is 5.73 Å². The molecule has 0 heterocycles. The van der Waals surface area contributed by atoms with Crippen molar-refractivity contribution < 1.29 is 13.5 Å². The third-order valence-electron chi connectivity index (χ3n) is 3.65. The van der Waals surface area contributed by atoms with Crippen LogP contribution in [0.3, 0.4) is 0 Å². The number of rotatable bonds is 11. The highest BCUT2D eigenvalue weighted by atomic mass is 19.3. The molecular formula is C17H27F2NO. The first kappa shape index (κ1) is 17.9. The summed E-state index contributed by atoms with van der Waals surface area (Å²) in [4.78, 5) is 0. The van der Waals surface area contributed by atoms with E-state index in [4.69, 9.17) is 5.73 Å². The Kier molecular flexibility index (Phi) is 8.99. The van der Waals surface area contributed by atoms with E-state index in [1.165, 1.54) is 32.1 Å². The van der Waals surface area contributed by atoms with Crippen molar-refractivity contribution in [2.75, 3.05) is 0 Å². The summed E-state index contributed by atoms with van der Waals surface area (Å²) >= 11 is 0. The molecule has 21 heavy (non-hydrogen) atoms. The second kappa shape index (κ2) is 10.6. The van der Waals surface area contributed by atoms with Gasteiger partial charge in [-0.3, -0.25) is 0 Å². The molecule has 120 valence electrons. The van der Waals surface area contributed by atoms with Crippen LogP contribution in [0.2, 0.25) is 0 Å². The minimum atomic E-state index is -2.81. The van der Waals surface area contributed by atoms with Gasteiger partial charge in [-0.2, -0.15) is 8.78 Å². The minimum absolute atomic E-state index is 0.197. The van der Waals surface area contributed by atoms with Crippen LogP contribution in [0, 0.1) is 0 Å². The van der Waals surface area contributed by atoms with Crippen LogP contribution in [-0.2, 0) is 0 Å². The van der Waals surface area contributed by atoms with E-state index in [-0.39, 0.29) is 11.8 Å². The Bertz CT molecular complexity index is 385. The van der Waals surface area contributed by atoms with Crippen molar-refractivity contribution in [3.63, 3.8) is 0 Å². The number of alkyl halides is 2. The summed E-state index contributed by atoms with van der Waals surface area (Å²) < 4.78 is 29.2. The van der Waals surface area contributed by atoms with Gasteiger partial charge in [0.15, 0.2) is 0 Å². The highest BCUT2D eigenvalue weighted by molar-refractivity contribution is 5.35. The predicted molar refractivity (Wildman–Crippen MR) is 82.6 cm³/mol. The van der Waals surface area contributed by atoms with Crippen molar-refractivity contribution in [1.82, 2.24) is 0 Å². The van der Waals surface area contributed by atoms with E-state index < -0.39 is 6.61 Å². The molecule has 1 rings (SSSR count). The molecule has 0 saturated carbocycles. The van der Waals surface area contributed by atoms with Gasteiger partial charge in [-0.05, 0) is 12.5 Å². The Morgan fingerprint density at radius 3 is 2.29 bits per heavy atom. The second-order valence-corrected chi connectivity index (χ2v) is 5.43. The predicted octanol–water partition coefficient (Wildman–Crippen LogP) is 5.43. The van der Waals surface area contributed by atoms with Crippen LogP contribution in [0.5, 0.6) is 5.75 Å². The molecule has 0 amide bonds. The van der Waals surface area contributed by atoms with Crippen LogP contribution in [0.4, 0.5) is 8.78 Å². The van der Waals surface area contributed by atoms with E-state index in [0.29, 0.717) is 5.56 Å². The fourth-order valence-corrected chi connectivity index (χ4v) is 2.47. The van der Waals surface area contributed by atoms with Gasteiger partial charge >= 0.3 is 6.61 Å². The number of unbranched alkanes of at least 4 members (excludes halogenated alkanes) is 6. The summed E-state index contributed by atoms with van der Waals surface area (Å²) in [5.74, 6) is 0.197. The molecule has 0 saturated heterocycles. The zero-order valence-corrected chi connectivity index (χ0v) is 12.9. The molecule has 0 aliphatic heterocycles. The molecule has 1 atom stereocenters. The smallest absolute Gasteiger partial charge is 0.387 e. The summed E-state index contributed by atoms with van der Waals surface area (Å²) in [6, 6.07) is 6.56. The molecule has 1 aromatic carbocycles. The van der Waals surface area contributed by atoms with E-state index in [1.54, 1.807) is 24.3 Å². The monoisotopic (exact) mass is 299 g/mol. The lowest BCUT2D eigenvalue weighted by molar-refractivity contribution is -0.0506. The molecule has 0 radical (unpaired) electrons. The summed E-state index contributed by atoms with van der Waals surface area (Å²) in [6.45, 7) is -0.602.